The Balaban J connectivity index is 2.34. The van der Waals surface area contributed by atoms with E-state index in [1.54, 1.807) is 19.3 Å². The van der Waals surface area contributed by atoms with Crippen molar-refractivity contribution in [3.05, 3.63) is 68.1 Å². The molecule has 2 aromatic carbocycles. The van der Waals surface area contributed by atoms with Gasteiger partial charge in [-0.1, -0.05) is 6.07 Å². The van der Waals surface area contributed by atoms with E-state index >= 15 is 0 Å². The van der Waals surface area contributed by atoms with Gasteiger partial charge in [0, 0.05) is 18.1 Å². The Morgan fingerprint density at radius 1 is 1.26 bits per heavy atom. The predicted octanol–water partition coefficient (Wildman–Crippen LogP) is 5.36. The lowest BCUT2D eigenvalue weighted by atomic mass is 10.0. The fourth-order valence-corrected chi connectivity index (χ4v) is 3.64. The quantitative estimate of drug-likeness (QED) is 0.176. The summed E-state index contributed by atoms with van der Waals surface area (Å²) in [5.74, 6) is -3.80. The maximum Gasteiger partial charge on any atom is 0.247 e. The first-order valence-electron chi connectivity index (χ1n) is 9.47. The van der Waals surface area contributed by atoms with E-state index in [2.05, 4.69) is 27.9 Å². The molecule has 2 rings (SSSR count). The zero-order valence-corrected chi connectivity index (χ0v) is 19.6. The standard InChI is InChI=1S/C22H22ClF3INO3/c1-31-20-10-13(4-5-18(20)27)9-14(3-2-7-23)22(30)28-19(6-8-29)15-11-16(24)21(26)17(25)12-15/h4-5,9-12,19,29H,2-3,6-8H2,1H3,(H,28,30)/b14-9+. The van der Waals surface area contributed by atoms with Gasteiger partial charge in [-0.2, -0.15) is 0 Å². The molecule has 9 heteroatoms. The van der Waals surface area contributed by atoms with Gasteiger partial charge in [-0.15, -0.1) is 11.6 Å². The molecule has 0 radical (unpaired) electrons. The van der Waals surface area contributed by atoms with Crippen molar-refractivity contribution in [2.75, 3.05) is 19.6 Å². The van der Waals surface area contributed by atoms with Crippen LogP contribution in [0.2, 0.25) is 0 Å². The Morgan fingerprint density at radius 3 is 2.52 bits per heavy atom. The summed E-state index contributed by atoms with van der Waals surface area (Å²) in [7, 11) is 1.55. The van der Waals surface area contributed by atoms with E-state index in [4.69, 9.17) is 16.3 Å². The van der Waals surface area contributed by atoms with Crippen molar-refractivity contribution in [1.82, 2.24) is 5.32 Å². The summed E-state index contributed by atoms with van der Waals surface area (Å²) in [6.07, 6.45) is 2.58. The number of methoxy groups -OCH3 is 1. The van der Waals surface area contributed by atoms with Crippen LogP contribution in [0.3, 0.4) is 0 Å². The van der Waals surface area contributed by atoms with Crippen LogP contribution in [0.1, 0.15) is 36.4 Å². The highest BCUT2D eigenvalue weighted by molar-refractivity contribution is 14.1. The predicted molar refractivity (Wildman–Crippen MR) is 123 cm³/mol. The largest absolute Gasteiger partial charge is 0.496 e. The van der Waals surface area contributed by atoms with Gasteiger partial charge in [0.1, 0.15) is 5.75 Å². The van der Waals surface area contributed by atoms with Crippen molar-refractivity contribution in [2.24, 2.45) is 0 Å². The van der Waals surface area contributed by atoms with Crippen LogP contribution in [-0.2, 0) is 4.79 Å². The van der Waals surface area contributed by atoms with E-state index in [0.717, 1.165) is 21.3 Å². The summed E-state index contributed by atoms with van der Waals surface area (Å²) in [4.78, 5) is 13.0. The van der Waals surface area contributed by atoms with Crippen LogP contribution < -0.4 is 10.1 Å². The van der Waals surface area contributed by atoms with Crippen LogP contribution in [0.4, 0.5) is 13.2 Å². The molecule has 1 atom stereocenters. The van der Waals surface area contributed by atoms with Crippen LogP contribution in [0.15, 0.2) is 35.9 Å². The second kappa shape index (κ2) is 12.3. The van der Waals surface area contributed by atoms with E-state index in [9.17, 15) is 23.1 Å². The average Bonchev–Trinajstić information content (AvgIpc) is 2.75. The highest BCUT2D eigenvalue weighted by Crippen LogP contribution is 2.25. The summed E-state index contributed by atoms with van der Waals surface area (Å²) in [6.45, 7) is -0.347. The number of carbonyl (C=O) groups excluding carboxylic acids is 1. The summed E-state index contributed by atoms with van der Waals surface area (Å²) < 4.78 is 46.9. The molecule has 0 fully saturated rings. The third-order valence-electron chi connectivity index (χ3n) is 4.52. The smallest absolute Gasteiger partial charge is 0.247 e. The zero-order valence-electron chi connectivity index (χ0n) is 16.7. The van der Waals surface area contributed by atoms with Gasteiger partial charge in [0.15, 0.2) is 17.5 Å². The third kappa shape index (κ3) is 7.11. The van der Waals surface area contributed by atoms with Crippen LogP contribution in [0, 0.1) is 21.0 Å². The lowest BCUT2D eigenvalue weighted by Gasteiger charge is -2.20. The first-order chi connectivity index (χ1) is 14.8. The van der Waals surface area contributed by atoms with Crippen molar-refractivity contribution in [2.45, 2.75) is 25.3 Å². The van der Waals surface area contributed by atoms with Crippen LogP contribution in [0.5, 0.6) is 5.75 Å². The highest BCUT2D eigenvalue weighted by atomic mass is 127. The Hall–Kier alpha value is -1.78. The lowest BCUT2D eigenvalue weighted by Crippen LogP contribution is -2.30. The van der Waals surface area contributed by atoms with Crippen molar-refractivity contribution in [3.63, 3.8) is 0 Å². The van der Waals surface area contributed by atoms with Gasteiger partial charge in [-0.3, -0.25) is 4.79 Å². The Kier molecular flexibility index (Phi) is 10.1. The van der Waals surface area contributed by atoms with Gasteiger partial charge < -0.3 is 15.2 Å². The number of amides is 1. The van der Waals surface area contributed by atoms with Gasteiger partial charge in [-0.25, -0.2) is 13.2 Å². The Labute approximate surface area is 197 Å². The minimum Gasteiger partial charge on any atom is -0.496 e. The molecule has 0 aliphatic carbocycles. The molecule has 1 amide bonds. The van der Waals surface area contributed by atoms with Gasteiger partial charge >= 0.3 is 0 Å². The second-order valence-electron chi connectivity index (χ2n) is 6.69. The molecule has 168 valence electrons. The monoisotopic (exact) mass is 567 g/mol. The number of carbonyl (C=O) groups is 1. The number of nitrogens with one attached hydrogen (secondary N) is 1. The molecule has 1 unspecified atom stereocenters. The van der Waals surface area contributed by atoms with E-state index in [1.165, 1.54) is 0 Å². The topological polar surface area (TPSA) is 58.6 Å². The van der Waals surface area contributed by atoms with Crippen LogP contribution in [0.25, 0.3) is 6.08 Å². The minimum absolute atomic E-state index is 0.00358. The third-order valence-corrected chi connectivity index (χ3v) is 5.68. The minimum atomic E-state index is -1.59. The maximum atomic E-state index is 13.7. The van der Waals surface area contributed by atoms with Crippen molar-refractivity contribution in [1.29, 1.82) is 0 Å². The van der Waals surface area contributed by atoms with Crippen LogP contribution >= 0.6 is 34.2 Å². The van der Waals surface area contributed by atoms with Gasteiger partial charge in [0.05, 0.1) is 16.7 Å². The average molecular weight is 568 g/mol. The molecule has 0 aliphatic heterocycles. The molecule has 2 N–H and O–H groups in total. The second-order valence-corrected chi connectivity index (χ2v) is 8.23. The molecule has 0 bridgehead atoms. The van der Waals surface area contributed by atoms with E-state index in [0.29, 0.717) is 30.0 Å². The molecule has 0 saturated heterocycles. The number of alkyl halides is 1. The number of halogens is 5. The molecule has 31 heavy (non-hydrogen) atoms. The first-order valence-corrected chi connectivity index (χ1v) is 11.1. The van der Waals surface area contributed by atoms with Crippen molar-refractivity contribution < 1.29 is 27.8 Å². The molecular formula is C22H22ClF3INO3. The summed E-state index contributed by atoms with van der Waals surface area (Å²) in [5, 5.41) is 12.0. The summed E-state index contributed by atoms with van der Waals surface area (Å²) in [5.41, 5.74) is 1.15. The lowest BCUT2D eigenvalue weighted by molar-refractivity contribution is -0.118. The number of ether oxygens (including phenoxy) is 1. The van der Waals surface area contributed by atoms with E-state index < -0.39 is 29.4 Å². The SMILES string of the molecule is COc1cc(/C=C(\CCCCl)C(=O)NC(CCO)c2cc(F)c(F)c(F)c2)ccc1I. The normalized spacial score (nSPS) is 12.5. The van der Waals surface area contributed by atoms with Gasteiger partial charge in [0.25, 0.3) is 0 Å². The number of hydrogen-bond donors (Lipinski definition) is 2. The first kappa shape index (κ1) is 25.5. The fraction of sp³-hybridized carbons (Fsp3) is 0.318. The zero-order chi connectivity index (χ0) is 23.0. The van der Waals surface area contributed by atoms with Crippen molar-refractivity contribution in [3.8, 4) is 5.75 Å². The number of hydrogen-bond acceptors (Lipinski definition) is 3. The molecule has 0 heterocycles. The van der Waals surface area contributed by atoms with Crippen molar-refractivity contribution >= 4 is 46.2 Å². The number of benzene rings is 2. The summed E-state index contributed by atoms with van der Waals surface area (Å²) >= 11 is 7.92. The Bertz CT molecular complexity index is 933. The van der Waals surface area contributed by atoms with E-state index in [-0.39, 0.29) is 18.6 Å². The number of rotatable bonds is 10. The molecule has 0 aliphatic rings. The number of aliphatic hydroxyl groups is 1. The number of aliphatic hydroxyl groups excluding tert-OH is 1. The van der Waals surface area contributed by atoms with Gasteiger partial charge in [0.2, 0.25) is 5.91 Å². The maximum absolute atomic E-state index is 13.7. The summed E-state index contributed by atoms with van der Waals surface area (Å²) in [6, 6.07) is 6.17. The van der Waals surface area contributed by atoms with E-state index in [1.807, 2.05) is 12.1 Å². The molecule has 4 nitrogen and oxygen atoms in total. The fourth-order valence-electron chi connectivity index (χ4n) is 2.95. The highest BCUT2D eigenvalue weighted by Gasteiger charge is 2.21. The molecule has 0 saturated carbocycles. The van der Waals surface area contributed by atoms with Gasteiger partial charge in [-0.05, 0) is 83.3 Å². The Morgan fingerprint density at radius 2 is 1.94 bits per heavy atom. The molecule has 0 spiro atoms. The van der Waals surface area contributed by atoms with Crippen LogP contribution in [-0.4, -0.2) is 30.6 Å². The molecular weight excluding hydrogens is 546 g/mol. The molecule has 2 aromatic rings. The molecule has 0 aromatic heterocycles.